The Morgan fingerprint density at radius 2 is 1.60 bits per heavy atom. The zero-order valence-electron chi connectivity index (χ0n) is 16.3. The van der Waals surface area contributed by atoms with Gasteiger partial charge in [0.2, 0.25) is 0 Å². The lowest BCUT2D eigenvalue weighted by atomic mass is 9.93. The number of rotatable bonds is 8. The molecule has 0 amide bonds. The Morgan fingerprint density at radius 1 is 0.880 bits per heavy atom. The third-order valence-electron chi connectivity index (χ3n) is 4.39. The van der Waals surface area contributed by atoms with Crippen LogP contribution in [0.5, 0.6) is 5.75 Å². The quantitative estimate of drug-likeness (QED) is 0.502. The summed E-state index contributed by atoms with van der Waals surface area (Å²) in [5, 5.41) is 0. The monoisotopic (exact) mass is 336 g/mol. The molecule has 0 N–H and O–H groups in total. The van der Waals surface area contributed by atoms with Crippen molar-refractivity contribution in [2.45, 2.75) is 52.9 Å². The maximum Gasteiger partial charge on any atom is 0.119 e. The fourth-order valence-corrected chi connectivity index (χ4v) is 2.74. The molecule has 0 heterocycles. The Kier molecular flexibility index (Phi) is 7.31. The summed E-state index contributed by atoms with van der Waals surface area (Å²) < 4.78 is 5.81. The van der Waals surface area contributed by atoms with Crippen LogP contribution in [0.1, 0.15) is 69.6 Å². The summed E-state index contributed by atoms with van der Waals surface area (Å²) >= 11 is 0. The van der Waals surface area contributed by atoms with E-state index in [1.165, 1.54) is 16.7 Å². The van der Waals surface area contributed by atoms with Crippen molar-refractivity contribution in [1.82, 2.24) is 0 Å². The highest BCUT2D eigenvalue weighted by molar-refractivity contribution is 5.51. The van der Waals surface area contributed by atoms with Gasteiger partial charge in [-0.15, -0.1) is 0 Å². The van der Waals surface area contributed by atoms with Gasteiger partial charge in [0.15, 0.2) is 0 Å². The fraction of sp³-hybridized carbons (Fsp3) is 0.417. The average Bonchev–Trinajstić information content (AvgIpc) is 2.60. The van der Waals surface area contributed by atoms with Crippen molar-refractivity contribution in [3.8, 4) is 5.75 Å². The normalized spacial score (nSPS) is 12.9. The third kappa shape index (κ3) is 6.42. The van der Waals surface area contributed by atoms with Crippen LogP contribution in [0.25, 0.3) is 6.08 Å². The number of ether oxygens (including phenoxy) is 1. The first kappa shape index (κ1) is 19.3. The van der Waals surface area contributed by atoms with Gasteiger partial charge in [-0.25, -0.2) is 0 Å². The van der Waals surface area contributed by atoms with Crippen molar-refractivity contribution < 1.29 is 4.74 Å². The molecule has 134 valence electrons. The molecule has 1 atom stereocenters. The number of hydrogen-bond donors (Lipinski definition) is 0. The standard InChI is InChI=1S/C24H32O/c1-18(2)17-25-24-14-7-11-21(15-24)10-6-9-20(5)23-13-8-12-22(16-23)19(3)4/h6-8,10-16,18-20H,9,17H2,1-5H3. The second-order valence-corrected chi connectivity index (χ2v) is 7.64. The molecule has 1 nitrogen and oxygen atoms in total. The van der Waals surface area contributed by atoms with Gasteiger partial charge in [-0.2, -0.15) is 0 Å². The van der Waals surface area contributed by atoms with E-state index in [0.29, 0.717) is 17.8 Å². The van der Waals surface area contributed by atoms with Gasteiger partial charge in [0.05, 0.1) is 6.61 Å². The van der Waals surface area contributed by atoms with E-state index in [4.69, 9.17) is 4.74 Å². The minimum atomic E-state index is 0.523. The maximum atomic E-state index is 5.81. The molecule has 2 rings (SSSR count). The minimum absolute atomic E-state index is 0.523. The number of allylic oxidation sites excluding steroid dienone is 1. The summed E-state index contributed by atoms with van der Waals surface area (Å²) in [6.07, 6.45) is 5.51. The molecule has 1 unspecified atom stereocenters. The molecule has 0 saturated heterocycles. The molecule has 0 bridgehead atoms. The van der Waals surface area contributed by atoms with E-state index < -0.39 is 0 Å². The molecule has 0 radical (unpaired) electrons. The highest BCUT2D eigenvalue weighted by Crippen LogP contribution is 2.24. The predicted octanol–water partition coefficient (Wildman–Crippen LogP) is 7.05. The molecule has 0 aliphatic carbocycles. The molecule has 0 saturated carbocycles. The highest BCUT2D eigenvalue weighted by atomic mass is 16.5. The second kappa shape index (κ2) is 9.46. The van der Waals surface area contributed by atoms with Gasteiger partial charge in [0.1, 0.15) is 5.75 Å². The Hall–Kier alpha value is -2.02. The molecule has 0 aliphatic rings. The van der Waals surface area contributed by atoms with E-state index in [1.807, 2.05) is 6.07 Å². The van der Waals surface area contributed by atoms with E-state index >= 15 is 0 Å². The van der Waals surface area contributed by atoms with E-state index in [0.717, 1.165) is 18.8 Å². The van der Waals surface area contributed by atoms with Crippen LogP contribution in [0.2, 0.25) is 0 Å². The first-order valence-corrected chi connectivity index (χ1v) is 9.45. The molecular formula is C24H32O. The summed E-state index contributed by atoms with van der Waals surface area (Å²) in [5.41, 5.74) is 4.04. The molecule has 25 heavy (non-hydrogen) atoms. The van der Waals surface area contributed by atoms with Crippen molar-refractivity contribution in [3.05, 3.63) is 71.3 Å². The van der Waals surface area contributed by atoms with Crippen molar-refractivity contribution in [2.24, 2.45) is 5.92 Å². The third-order valence-corrected chi connectivity index (χ3v) is 4.39. The van der Waals surface area contributed by atoms with E-state index in [9.17, 15) is 0 Å². The van der Waals surface area contributed by atoms with Crippen LogP contribution in [0.3, 0.4) is 0 Å². The van der Waals surface area contributed by atoms with E-state index in [1.54, 1.807) is 0 Å². The van der Waals surface area contributed by atoms with Gasteiger partial charge in [0, 0.05) is 0 Å². The first-order chi connectivity index (χ1) is 12.0. The second-order valence-electron chi connectivity index (χ2n) is 7.64. The Bertz CT molecular complexity index is 682. The zero-order chi connectivity index (χ0) is 18.2. The summed E-state index contributed by atoms with van der Waals surface area (Å²) in [6.45, 7) is 11.9. The van der Waals surface area contributed by atoms with Crippen LogP contribution in [-0.2, 0) is 0 Å². The van der Waals surface area contributed by atoms with E-state index in [2.05, 4.69) is 89.2 Å². The Balaban J connectivity index is 1.96. The summed E-state index contributed by atoms with van der Waals surface area (Å²) in [4.78, 5) is 0. The molecular weight excluding hydrogens is 304 g/mol. The van der Waals surface area contributed by atoms with Crippen LogP contribution in [0.4, 0.5) is 0 Å². The van der Waals surface area contributed by atoms with Crippen molar-refractivity contribution in [2.75, 3.05) is 6.61 Å². The van der Waals surface area contributed by atoms with Crippen LogP contribution < -0.4 is 4.74 Å². The summed E-state index contributed by atoms with van der Waals surface area (Å²) in [5.74, 6) is 2.60. The van der Waals surface area contributed by atoms with Crippen LogP contribution >= 0.6 is 0 Å². The summed E-state index contributed by atoms with van der Waals surface area (Å²) in [6, 6.07) is 17.3. The Morgan fingerprint density at radius 3 is 2.32 bits per heavy atom. The van der Waals surface area contributed by atoms with Gasteiger partial charge in [-0.3, -0.25) is 0 Å². The van der Waals surface area contributed by atoms with Crippen LogP contribution in [0, 0.1) is 5.92 Å². The van der Waals surface area contributed by atoms with Crippen molar-refractivity contribution in [3.63, 3.8) is 0 Å². The van der Waals surface area contributed by atoms with Gasteiger partial charge < -0.3 is 4.74 Å². The van der Waals surface area contributed by atoms with Crippen molar-refractivity contribution >= 4 is 6.08 Å². The lowest BCUT2D eigenvalue weighted by Crippen LogP contribution is -2.04. The van der Waals surface area contributed by atoms with Crippen molar-refractivity contribution in [1.29, 1.82) is 0 Å². The Labute approximate surface area is 153 Å². The molecule has 1 heteroatoms. The molecule has 2 aromatic carbocycles. The lowest BCUT2D eigenvalue weighted by molar-refractivity contribution is 0.271. The number of benzene rings is 2. The SMILES string of the molecule is CC(C)COc1cccc(C=CCC(C)c2cccc(C(C)C)c2)c1. The van der Waals surface area contributed by atoms with Gasteiger partial charge >= 0.3 is 0 Å². The van der Waals surface area contributed by atoms with Gasteiger partial charge in [-0.1, -0.05) is 83.2 Å². The van der Waals surface area contributed by atoms with Crippen LogP contribution in [0.15, 0.2) is 54.6 Å². The predicted molar refractivity (Wildman–Crippen MR) is 109 cm³/mol. The van der Waals surface area contributed by atoms with Gasteiger partial charge in [-0.05, 0) is 53.0 Å². The van der Waals surface area contributed by atoms with E-state index in [-0.39, 0.29) is 0 Å². The maximum absolute atomic E-state index is 5.81. The zero-order valence-corrected chi connectivity index (χ0v) is 16.3. The van der Waals surface area contributed by atoms with Gasteiger partial charge in [0.25, 0.3) is 0 Å². The number of hydrogen-bond acceptors (Lipinski definition) is 1. The topological polar surface area (TPSA) is 9.23 Å². The average molecular weight is 337 g/mol. The highest BCUT2D eigenvalue weighted by Gasteiger charge is 2.06. The molecule has 2 aromatic rings. The lowest BCUT2D eigenvalue weighted by Gasteiger charge is -2.13. The van der Waals surface area contributed by atoms with Crippen LogP contribution in [-0.4, -0.2) is 6.61 Å². The minimum Gasteiger partial charge on any atom is -0.493 e. The largest absolute Gasteiger partial charge is 0.493 e. The smallest absolute Gasteiger partial charge is 0.119 e. The molecule has 0 spiro atoms. The molecule has 0 fully saturated rings. The first-order valence-electron chi connectivity index (χ1n) is 9.45. The molecule has 0 aliphatic heterocycles. The fourth-order valence-electron chi connectivity index (χ4n) is 2.74. The summed E-state index contributed by atoms with van der Waals surface area (Å²) in [7, 11) is 0. The molecule has 0 aromatic heterocycles.